The lowest BCUT2D eigenvalue weighted by atomic mass is 9.94. The molecule has 164 valence electrons. The molecule has 1 atom stereocenters. The zero-order valence-electron chi connectivity index (χ0n) is 16.4. The number of nitrogens with one attached hydrogen (secondary N) is 3. The van der Waals surface area contributed by atoms with Crippen molar-refractivity contribution < 1.29 is 31.2 Å². The number of hydrogen-bond acceptors (Lipinski definition) is 4. The number of para-hydroxylation sites is 1. The van der Waals surface area contributed by atoms with Gasteiger partial charge >= 0.3 is 12.2 Å². The van der Waals surface area contributed by atoms with Crippen molar-refractivity contribution in [2.24, 2.45) is 0 Å². The molecule has 0 saturated heterocycles. The van der Waals surface area contributed by atoms with Crippen molar-refractivity contribution in [2.75, 3.05) is 11.6 Å². The zero-order valence-corrected chi connectivity index (χ0v) is 17.2. The van der Waals surface area contributed by atoms with Crippen molar-refractivity contribution >= 4 is 27.5 Å². The molecular weight excluding hydrogens is 435 g/mol. The molecule has 0 aliphatic carbocycles. The first-order chi connectivity index (χ1) is 14.4. The first-order valence-electron chi connectivity index (χ1n) is 8.94. The first kappa shape index (κ1) is 22.3. The molecular formula is C20H18F3N3O4S. The van der Waals surface area contributed by atoms with Crippen LogP contribution in [-0.4, -0.2) is 26.6 Å². The highest BCUT2D eigenvalue weighted by Gasteiger charge is 2.35. The third-order valence-corrected chi connectivity index (χ3v) is 5.76. The van der Waals surface area contributed by atoms with Gasteiger partial charge in [-0.05, 0) is 36.8 Å². The Labute approximate surface area is 176 Å². The fourth-order valence-corrected chi connectivity index (χ4v) is 3.81. The van der Waals surface area contributed by atoms with Gasteiger partial charge in [-0.3, -0.25) is 4.79 Å². The molecule has 1 heterocycles. The Balaban J connectivity index is 1.99. The predicted octanol–water partition coefficient (Wildman–Crippen LogP) is 3.38. The van der Waals surface area contributed by atoms with E-state index >= 15 is 0 Å². The smallest absolute Gasteiger partial charge is 0.327 e. The number of amides is 3. The molecule has 1 aliphatic rings. The van der Waals surface area contributed by atoms with Crippen LogP contribution < -0.4 is 16.0 Å². The second-order valence-corrected chi connectivity index (χ2v) is 8.92. The third-order valence-electron chi connectivity index (χ3n) is 4.64. The Morgan fingerprint density at radius 1 is 1.06 bits per heavy atom. The van der Waals surface area contributed by atoms with E-state index in [2.05, 4.69) is 16.0 Å². The van der Waals surface area contributed by atoms with E-state index < -0.39 is 45.2 Å². The number of benzene rings is 2. The maximum absolute atomic E-state index is 13.3. The fourth-order valence-electron chi connectivity index (χ4n) is 3.18. The minimum atomic E-state index is -4.67. The summed E-state index contributed by atoms with van der Waals surface area (Å²) in [5.74, 6) is -0.848. The highest BCUT2D eigenvalue weighted by molar-refractivity contribution is 7.90. The summed E-state index contributed by atoms with van der Waals surface area (Å²) in [5, 5.41) is 7.23. The van der Waals surface area contributed by atoms with Crippen molar-refractivity contribution in [2.45, 2.75) is 24.0 Å². The second-order valence-electron chi connectivity index (χ2n) is 6.91. The van der Waals surface area contributed by atoms with E-state index in [1.165, 1.54) is 43.3 Å². The summed E-state index contributed by atoms with van der Waals surface area (Å²) >= 11 is 0. The van der Waals surface area contributed by atoms with Crippen LogP contribution in [0.2, 0.25) is 0 Å². The quantitative estimate of drug-likeness (QED) is 0.660. The summed E-state index contributed by atoms with van der Waals surface area (Å²) < 4.78 is 63.1. The van der Waals surface area contributed by atoms with Crippen LogP contribution in [0.5, 0.6) is 0 Å². The third kappa shape index (κ3) is 4.88. The van der Waals surface area contributed by atoms with Crippen molar-refractivity contribution in [1.29, 1.82) is 0 Å². The Hall–Kier alpha value is -3.34. The highest BCUT2D eigenvalue weighted by atomic mass is 32.2. The molecule has 3 rings (SSSR count). The van der Waals surface area contributed by atoms with E-state index in [-0.39, 0.29) is 16.2 Å². The number of hydrogen-bond donors (Lipinski definition) is 3. The lowest BCUT2D eigenvalue weighted by Gasteiger charge is -2.29. The van der Waals surface area contributed by atoms with Crippen molar-refractivity contribution in [3.05, 3.63) is 70.9 Å². The van der Waals surface area contributed by atoms with Gasteiger partial charge in [0.15, 0.2) is 9.84 Å². The topological polar surface area (TPSA) is 104 Å². The van der Waals surface area contributed by atoms with E-state index in [1.807, 2.05) is 0 Å². The van der Waals surface area contributed by atoms with E-state index in [0.717, 1.165) is 18.4 Å². The van der Waals surface area contributed by atoms with Gasteiger partial charge in [0.25, 0.3) is 5.91 Å². The van der Waals surface area contributed by atoms with Crippen molar-refractivity contribution in [1.82, 2.24) is 10.6 Å². The molecule has 1 unspecified atom stereocenters. The zero-order chi connectivity index (χ0) is 23.0. The van der Waals surface area contributed by atoms with Crippen LogP contribution in [0.15, 0.2) is 64.7 Å². The molecule has 3 N–H and O–H groups in total. The molecule has 0 bridgehead atoms. The highest BCUT2D eigenvalue weighted by Crippen LogP contribution is 2.35. The number of alkyl halides is 3. The lowest BCUT2D eigenvalue weighted by molar-refractivity contribution is -0.137. The van der Waals surface area contributed by atoms with E-state index in [0.29, 0.717) is 5.56 Å². The van der Waals surface area contributed by atoms with Crippen LogP contribution in [0.3, 0.4) is 0 Å². The Morgan fingerprint density at radius 2 is 1.68 bits per heavy atom. The molecule has 3 amide bonds. The number of urea groups is 1. The van der Waals surface area contributed by atoms with Gasteiger partial charge in [-0.15, -0.1) is 0 Å². The summed E-state index contributed by atoms with van der Waals surface area (Å²) in [6.45, 7) is 1.45. The summed E-state index contributed by atoms with van der Waals surface area (Å²) in [6, 6.07) is 8.42. The van der Waals surface area contributed by atoms with Crippen molar-refractivity contribution in [3.8, 4) is 0 Å². The summed E-state index contributed by atoms with van der Waals surface area (Å²) in [4.78, 5) is 25.0. The Bertz CT molecular complexity index is 1170. The number of sulfone groups is 1. The van der Waals surface area contributed by atoms with Gasteiger partial charge in [0.05, 0.1) is 27.8 Å². The molecule has 0 spiro atoms. The molecule has 0 saturated carbocycles. The second kappa shape index (κ2) is 8.06. The van der Waals surface area contributed by atoms with E-state index in [4.69, 9.17) is 0 Å². The molecule has 0 aromatic heterocycles. The van der Waals surface area contributed by atoms with E-state index in [9.17, 15) is 31.2 Å². The number of halogens is 3. The molecule has 11 heteroatoms. The molecule has 0 fully saturated rings. The fraction of sp³-hybridized carbons (Fsp3) is 0.200. The SMILES string of the molecule is CC1=C(C(=O)Nc2ccccc2C(F)(F)F)C(c2ccc(S(C)(=O)=O)cc2)NC(=O)N1. The normalized spacial score (nSPS) is 17.1. The maximum Gasteiger partial charge on any atom is 0.418 e. The van der Waals surface area contributed by atoms with Gasteiger partial charge in [-0.25, -0.2) is 13.2 Å². The van der Waals surface area contributed by atoms with Gasteiger partial charge in [-0.2, -0.15) is 13.2 Å². The average Bonchev–Trinajstić information content (AvgIpc) is 2.66. The average molecular weight is 453 g/mol. The summed E-state index contributed by atoms with van der Waals surface area (Å²) in [5.41, 5.74) is -0.908. The van der Waals surface area contributed by atoms with Crippen LogP contribution in [0.4, 0.5) is 23.7 Å². The number of rotatable bonds is 4. The summed E-state index contributed by atoms with van der Waals surface area (Å²) in [6.07, 6.45) is -3.64. The minimum absolute atomic E-state index is 0.0105. The Kier molecular flexibility index (Phi) is 5.81. The standard InChI is InChI=1S/C20H18F3N3O4S/c1-11-16(18(27)25-15-6-4-3-5-14(15)20(21,22)23)17(26-19(28)24-11)12-7-9-13(10-8-12)31(2,29)30/h3-10,17H,1-2H3,(H,25,27)(H2,24,26,28). The van der Waals surface area contributed by atoms with Gasteiger partial charge in [0.1, 0.15) is 0 Å². The number of carbonyl (C=O) groups is 2. The van der Waals surface area contributed by atoms with Crippen LogP contribution in [-0.2, 0) is 20.8 Å². The molecule has 31 heavy (non-hydrogen) atoms. The van der Waals surface area contributed by atoms with Gasteiger partial charge in [0, 0.05) is 12.0 Å². The van der Waals surface area contributed by atoms with E-state index in [1.54, 1.807) is 0 Å². The van der Waals surface area contributed by atoms with Gasteiger partial charge in [0.2, 0.25) is 0 Å². The molecule has 7 nitrogen and oxygen atoms in total. The Morgan fingerprint density at radius 3 is 2.26 bits per heavy atom. The van der Waals surface area contributed by atoms with Gasteiger partial charge in [-0.1, -0.05) is 24.3 Å². The van der Waals surface area contributed by atoms with Gasteiger partial charge < -0.3 is 16.0 Å². The molecule has 2 aromatic carbocycles. The predicted molar refractivity (Wildman–Crippen MR) is 107 cm³/mol. The van der Waals surface area contributed by atoms with Crippen LogP contribution in [0, 0.1) is 0 Å². The minimum Gasteiger partial charge on any atom is -0.327 e. The van der Waals surface area contributed by atoms with Crippen LogP contribution in [0.25, 0.3) is 0 Å². The molecule has 2 aromatic rings. The first-order valence-corrected chi connectivity index (χ1v) is 10.8. The van der Waals surface area contributed by atoms with Crippen LogP contribution >= 0.6 is 0 Å². The number of anilines is 1. The van der Waals surface area contributed by atoms with Crippen LogP contribution in [0.1, 0.15) is 24.1 Å². The monoisotopic (exact) mass is 453 g/mol. The lowest BCUT2D eigenvalue weighted by Crippen LogP contribution is -2.46. The summed E-state index contributed by atoms with van der Waals surface area (Å²) in [7, 11) is -3.46. The number of allylic oxidation sites excluding steroid dienone is 1. The largest absolute Gasteiger partial charge is 0.418 e. The maximum atomic E-state index is 13.3. The molecule has 0 radical (unpaired) electrons. The number of carbonyl (C=O) groups excluding carboxylic acids is 2. The molecule has 1 aliphatic heterocycles. The van der Waals surface area contributed by atoms with Crippen molar-refractivity contribution in [3.63, 3.8) is 0 Å².